The molecule has 0 saturated carbocycles. The van der Waals surface area contributed by atoms with Crippen LogP contribution in [-0.2, 0) is 4.79 Å². The van der Waals surface area contributed by atoms with Gasteiger partial charge in [0.05, 0.1) is 22.7 Å². The van der Waals surface area contributed by atoms with E-state index in [4.69, 9.17) is 11.6 Å². The van der Waals surface area contributed by atoms with Gasteiger partial charge in [0.2, 0.25) is 5.91 Å². The Kier molecular flexibility index (Phi) is 5.00. The van der Waals surface area contributed by atoms with Crippen LogP contribution in [0.5, 0.6) is 0 Å². The van der Waals surface area contributed by atoms with E-state index in [-0.39, 0.29) is 12.5 Å². The molecular formula is C14H22ClN3O2. The maximum atomic E-state index is 12.0. The Morgan fingerprint density at radius 3 is 2.45 bits per heavy atom. The third-order valence-electron chi connectivity index (χ3n) is 3.47. The zero-order chi connectivity index (χ0) is 15.6. The van der Waals surface area contributed by atoms with Crippen molar-refractivity contribution in [2.24, 2.45) is 0 Å². The largest absolute Gasteiger partial charge is 0.388 e. The molecule has 0 radical (unpaired) electrons. The molecule has 0 unspecified atom stereocenters. The summed E-state index contributed by atoms with van der Waals surface area (Å²) in [5.41, 5.74) is -1.74. The number of halogens is 1. The number of aromatic nitrogens is 1. The van der Waals surface area contributed by atoms with Gasteiger partial charge in [-0.3, -0.25) is 4.79 Å². The van der Waals surface area contributed by atoms with Gasteiger partial charge in [0, 0.05) is 13.2 Å². The molecule has 0 fully saturated rings. The molecule has 1 amide bonds. The number of carbonyl (C=O) groups is 1. The molecule has 0 saturated heterocycles. The zero-order valence-electron chi connectivity index (χ0n) is 12.6. The Labute approximate surface area is 125 Å². The molecule has 0 aliphatic rings. The summed E-state index contributed by atoms with van der Waals surface area (Å²) in [7, 11) is 1.77. The normalized spacial score (nSPS) is 12.2. The van der Waals surface area contributed by atoms with Crippen LogP contribution in [0.3, 0.4) is 0 Å². The van der Waals surface area contributed by atoms with Gasteiger partial charge in [0.15, 0.2) is 0 Å². The van der Waals surface area contributed by atoms with E-state index in [1.807, 2.05) is 0 Å². The van der Waals surface area contributed by atoms with Crippen molar-refractivity contribution in [2.75, 3.05) is 18.5 Å². The van der Waals surface area contributed by atoms with Crippen molar-refractivity contribution in [1.82, 2.24) is 10.3 Å². The fourth-order valence-electron chi connectivity index (χ4n) is 1.43. The standard InChI is InChI=1S/C14H22ClN3O2/c1-13(2,14(3,4)20)17-12(19)9-18(5)11-7-6-10(15)8-16-11/h6-8,20H,9H2,1-5H3,(H,17,19). The minimum Gasteiger partial charge on any atom is -0.388 e. The van der Waals surface area contributed by atoms with Crippen LogP contribution in [0.15, 0.2) is 18.3 Å². The van der Waals surface area contributed by atoms with Gasteiger partial charge in [-0.15, -0.1) is 0 Å². The van der Waals surface area contributed by atoms with Crippen LogP contribution in [0, 0.1) is 0 Å². The van der Waals surface area contributed by atoms with Crippen LogP contribution >= 0.6 is 11.6 Å². The number of rotatable bonds is 5. The molecule has 6 heteroatoms. The van der Waals surface area contributed by atoms with Gasteiger partial charge in [-0.25, -0.2) is 4.98 Å². The second-order valence-electron chi connectivity index (χ2n) is 5.92. The number of amides is 1. The van der Waals surface area contributed by atoms with Crippen molar-refractivity contribution in [2.45, 2.75) is 38.8 Å². The van der Waals surface area contributed by atoms with E-state index in [0.29, 0.717) is 10.8 Å². The monoisotopic (exact) mass is 299 g/mol. The van der Waals surface area contributed by atoms with Gasteiger partial charge in [0.1, 0.15) is 5.82 Å². The summed E-state index contributed by atoms with van der Waals surface area (Å²) in [6.45, 7) is 7.04. The van der Waals surface area contributed by atoms with Gasteiger partial charge >= 0.3 is 0 Å². The summed E-state index contributed by atoms with van der Waals surface area (Å²) in [5, 5.41) is 13.4. The van der Waals surface area contributed by atoms with Crippen molar-refractivity contribution in [3.8, 4) is 0 Å². The minimum atomic E-state index is -1.01. The van der Waals surface area contributed by atoms with E-state index in [9.17, 15) is 9.90 Å². The lowest BCUT2D eigenvalue weighted by atomic mass is 9.86. The molecule has 0 atom stereocenters. The van der Waals surface area contributed by atoms with E-state index in [2.05, 4.69) is 10.3 Å². The van der Waals surface area contributed by atoms with Crippen LogP contribution in [0.4, 0.5) is 5.82 Å². The summed E-state index contributed by atoms with van der Waals surface area (Å²) in [4.78, 5) is 17.9. The molecule has 20 heavy (non-hydrogen) atoms. The first-order valence-electron chi connectivity index (χ1n) is 6.39. The smallest absolute Gasteiger partial charge is 0.240 e. The SMILES string of the molecule is CN(CC(=O)NC(C)(C)C(C)(C)O)c1ccc(Cl)cn1. The highest BCUT2D eigenvalue weighted by atomic mass is 35.5. The predicted octanol–water partition coefficient (Wildman–Crippen LogP) is 1.84. The molecule has 0 aliphatic heterocycles. The van der Waals surface area contributed by atoms with E-state index in [1.54, 1.807) is 51.8 Å². The first-order chi connectivity index (χ1) is 9.03. The van der Waals surface area contributed by atoms with Crippen molar-refractivity contribution in [3.05, 3.63) is 23.4 Å². The molecule has 5 nitrogen and oxygen atoms in total. The number of pyridine rings is 1. The van der Waals surface area contributed by atoms with Gasteiger partial charge in [-0.05, 0) is 39.8 Å². The van der Waals surface area contributed by atoms with Crippen molar-refractivity contribution in [3.63, 3.8) is 0 Å². The fourth-order valence-corrected chi connectivity index (χ4v) is 1.54. The first kappa shape index (κ1) is 16.7. The van der Waals surface area contributed by atoms with E-state index < -0.39 is 11.1 Å². The molecule has 0 aliphatic carbocycles. The van der Waals surface area contributed by atoms with Crippen LogP contribution in [0.2, 0.25) is 5.02 Å². The average Bonchev–Trinajstić information content (AvgIpc) is 2.27. The number of nitrogens with one attached hydrogen (secondary N) is 1. The van der Waals surface area contributed by atoms with Crippen LogP contribution in [-0.4, -0.2) is 40.7 Å². The second kappa shape index (κ2) is 5.97. The highest BCUT2D eigenvalue weighted by Gasteiger charge is 2.36. The van der Waals surface area contributed by atoms with Gasteiger partial charge < -0.3 is 15.3 Å². The predicted molar refractivity (Wildman–Crippen MR) is 81.0 cm³/mol. The van der Waals surface area contributed by atoms with Gasteiger partial charge in [-0.1, -0.05) is 11.6 Å². The van der Waals surface area contributed by atoms with Gasteiger partial charge in [-0.2, -0.15) is 0 Å². The van der Waals surface area contributed by atoms with E-state index >= 15 is 0 Å². The molecule has 0 bridgehead atoms. The maximum absolute atomic E-state index is 12.0. The molecule has 1 aromatic heterocycles. The molecule has 1 rings (SSSR count). The number of carbonyl (C=O) groups excluding carboxylic acids is 1. The number of nitrogens with zero attached hydrogens (tertiary/aromatic N) is 2. The minimum absolute atomic E-state index is 0.147. The number of hydrogen-bond donors (Lipinski definition) is 2. The topological polar surface area (TPSA) is 65.5 Å². The molecule has 112 valence electrons. The summed E-state index contributed by atoms with van der Waals surface area (Å²) in [5.74, 6) is 0.474. The Morgan fingerprint density at radius 2 is 2.00 bits per heavy atom. The lowest BCUT2D eigenvalue weighted by Gasteiger charge is -2.38. The summed E-state index contributed by atoms with van der Waals surface area (Å²) in [6, 6.07) is 3.47. The Bertz CT molecular complexity index is 466. The molecule has 0 spiro atoms. The summed E-state index contributed by atoms with van der Waals surface area (Å²) in [6.07, 6.45) is 1.53. The summed E-state index contributed by atoms with van der Waals surface area (Å²) >= 11 is 5.77. The summed E-state index contributed by atoms with van der Waals surface area (Å²) < 4.78 is 0. The third-order valence-corrected chi connectivity index (χ3v) is 3.69. The third kappa shape index (κ3) is 4.35. The van der Waals surface area contributed by atoms with Crippen LogP contribution in [0.1, 0.15) is 27.7 Å². The highest BCUT2D eigenvalue weighted by molar-refractivity contribution is 6.30. The van der Waals surface area contributed by atoms with Crippen molar-refractivity contribution in [1.29, 1.82) is 0 Å². The van der Waals surface area contributed by atoms with Crippen molar-refractivity contribution >= 4 is 23.3 Å². The molecule has 1 aromatic rings. The Morgan fingerprint density at radius 1 is 1.40 bits per heavy atom. The Balaban J connectivity index is 2.65. The van der Waals surface area contributed by atoms with Crippen molar-refractivity contribution < 1.29 is 9.90 Å². The highest BCUT2D eigenvalue weighted by Crippen LogP contribution is 2.20. The van der Waals surface area contributed by atoms with Gasteiger partial charge in [0.25, 0.3) is 0 Å². The molecule has 2 N–H and O–H groups in total. The number of hydrogen-bond acceptors (Lipinski definition) is 4. The Hall–Kier alpha value is -1.33. The molecule has 0 aromatic carbocycles. The van der Waals surface area contributed by atoms with Crippen LogP contribution in [0.25, 0.3) is 0 Å². The van der Waals surface area contributed by atoms with Crippen LogP contribution < -0.4 is 10.2 Å². The lowest BCUT2D eigenvalue weighted by Crippen LogP contribution is -2.59. The van der Waals surface area contributed by atoms with E-state index in [0.717, 1.165) is 0 Å². The van der Waals surface area contributed by atoms with E-state index in [1.165, 1.54) is 6.20 Å². The second-order valence-corrected chi connectivity index (χ2v) is 6.36. The zero-order valence-corrected chi connectivity index (χ0v) is 13.3. The molecule has 1 heterocycles. The quantitative estimate of drug-likeness (QED) is 0.871. The number of likely N-dealkylation sites (N-methyl/N-ethyl adjacent to an activating group) is 1. The maximum Gasteiger partial charge on any atom is 0.240 e. The first-order valence-corrected chi connectivity index (χ1v) is 6.77. The average molecular weight is 300 g/mol. The lowest BCUT2D eigenvalue weighted by molar-refractivity contribution is -0.124. The molecular weight excluding hydrogens is 278 g/mol. The number of aliphatic hydroxyl groups is 1. The fraction of sp³-hybridized carbons (Fsp3) is 0.571. The number of anilines is 1.